The predicted molar refractivity (Wildman–Crippen MR) is 157 cm³/mol. The summed E-state index contributed by atoms with van der Waals surface area (Å²) < 4.78 is 29.2. The molecular formula is C31H32FN9O. The number of aryl methyl sites for hydroxylation is 1. The highest BCUT2D eigenvalue weighted by molar-refractivity contribution is 5.95. The van der Waals surface area contributed by atoms with Crippen LogP contribution in [0.25, 0.3) is 50.3 Å². The third-order valence-electron chi connectivity index (χ3n) is 8.45. The fourth-order valence-electron chi connectivity index (χ4n) is 6.09. The van der Waals surface area contributed by atoms with Crippen LogP contribution < -0.4 is 4.74 Å². The normalized spacial score (nSPS) is 15.5. The molecule has 2 aliphatic carbocycles. The molecule has 0 spiro atoms. The van der Waals surface area contributed by atoms with Gasteiger partial charge >= 0.3 is 0 Å². The molecule has 0 radical (unpaired) electrons. The number of fused-ring (bicyclic) bond motifs is 2. The molecule has 10 nitrogen and oxygen atoms in total. The van der Waals surface area contributed by atoms with Crippen LogP contribution in [0.2, 0.25) is 0 Å². The largest absolute Gasteiger partial charge is 0.478 e. The van der Waals surface area contributed by atoms with E-state index in [2.05, 4.69) is 34.7 Å². The van der Waals surface area contributed by atoms with Crippen molar-refractivity contribution in [3.8, 4) is 34.2 Å². The Hall–Kier alpha value is -4.54. The van der Waals surface area contributed by atoms with Crippen LogP contribution in [-0.2, 0) is 14.1 Å². The van der Waals surface area contributed by atoms with Crippen LogP contribution in [0.15, 0.2) is 36.8 Å². The monoisotopic (exact) mass is 565 g/mol. The maximum atomic E-state index is 16.0. The minimum absolute atomic E-state index is 0.154. The molecule has 8 rings (SSSR count). The Morgan fingerprint density at radius 1 is 0.976 bits per heavy atom. The molecule has 0 saturated heterocycles. The number of benzene rings is 1. The summed E-state index contributed by atoms with van der Waals surface area (Å²) in [5, 5.41) is 15.6. The fraction of sp³-hybridized carbons (Fsp3) is 0.387. The first-order valence-corrected chi connectivity index (χ1v) is 14.5. The lowest BCUT2D eigenvalue weighted by molar-refractivity contribution is 0.386. The van der Waals surface area contributed by atoms with E-state index in [1.165, 1.54) is 6.07 Å². The molecule has 6 aromatic rings. The van der Waals surface area contributed by atoms with Gasteiger partial charge in [-0.2, -0.15) is 10.2 Å². The Morgan fingerprint density at radius 2 is 1.79 bits per heavy atom. The molecule has 0 N–H and O–H groups in total. The summed E-state index contributed by atoms with van der Waals surface area (Å²) in [6, 6.07) is 5.73. The van der Waals surface area contributed by atoms with Crippen LogP contribution in [0.3, 0.4) is 0 Å². The highest BCUT2D eigenvalue weighted by atomic mass is 19.1. The first-order chi connectivity index (χ1) is 20.3. The summed E-state index contributed by atoms with van der Waals surface area (Å²) in [7, 11) is 5.55. The van der Waals surface area contributed by atoms with Gasteiger partial charge in [-0.05, 0) is 49.8 Å². The fourth-order valence-corrected chi connectivity index (χ4v) is 6.09. The molecule has 1 aromatic carbocycles. The Bertz CT molecular complexity index is 2020. The molecule has 2 saturated carbocycles. The number of aromatic nitrogens is 9. The van der Waals surface area contributed by atoms with E-state index in [4.69, 9.17) is 19.8 Å². The van der Waals surface area contributed by atoms with E-state index in [1.54, 1.807) is 22.5 Å². The third kappa shape index (κ3) is 3.86. The maximum Gasteiger partial charge on any atom is 0.258 e. The van der Waals surface area contributed by atoms with E-state index < -0.39 is 0 Å². The molecule has 5 aromatic heterocycles. The summed E-state index contributed by atoms with van der Waals surface area (Å²) in [5.41, 5.74) is 6.18. The first-order valence-electron chi connectivity index (χ1n) is 14.5. The van der Waals surface area contributed by atoms with Crippen molar-refractivity contribution in [3.05, 3.63) is 54.0 Å². The molecule has 0 unspecified atom stereocenters. The Kier molecular flexibility index (Phi) is 5.38. The second-order valence-corrected chi connectivity index (χ2v) is 12.0. The van der Waals surface area contributed by atoms with E-state index in [0.29, 0.717) is 45.6 Å². The lowest BCUT2D eigenvalue weighted by atomic mass is 10.0. The van der Waals surface area contributed by atoms with Crippen molar-refractivity contribution in [3.63, 3.8) is 0 Å². The van der Waals surface area contributed by atoms with Gasteiger partial charge in [0.05, 0.1) is 36.3 Å². The van der Waals surface area contributed by atoms with Crippen LogP contribution >= 0.6 is 0 Å². The molecular weight excluding hydrogens is 533 g/mol. The number of imidazole rings is 1. The van der Waals surface area contributed by atoms with Crippen LogP contribution in [-0.4, -0.2) is 51.0 Å². The topological polar surface area (TPSA) is 93.4 Å². The zero-order valence-corrected chi connectivity index (χ0v) is 24.3. The Morgan fingerprint density at radius 3 is 2.50 bits per heavy atom. The number of ether oxygens (including phenoxy) is 1. The molecule has 0 aliphatic heterocycles. The zero-order chi connectivity index (χ0) is 28.9. The maximum absolute atomic E-state index is 16.0. The summed E-state index contributed by atoms with van der Waals surface area (Å²) in [6.07, 6.45) is 10.1. The number of rotatable bonds is 7. The van der Waals surface area contributed by atoms with Gasteiger partial charge in [0, 0.05) is 60.0 Å². The number of hydrogen-bond acceptors (Lipinski definition) is 6. The van der Waals surface area contributed by atoms with Crippen molar-refractivity contribution in [1.29, 1.82) is 0 Å². The van der Waals surface area contributed by atoms with Gasteiger partial charge in [0.25, 0.3) is 5.88 Å². The number of nitrogens with zero attached hydrogens (tertiary/aromatic N) is 9. The number of pyridine rings is 1. The highest BCUT2D eigenvalue weighted by Gasteiger charge is 2.35. The van der Waals surface area contributed by atoms with E-state index in [0.717, 1.165) is 59.5 Å². The summed E-state index contributed by atoms with van der Waals surface area (Å²) >= 11 is 0. The summed E-state index contributed by atoms with van der Waals surface area (Å²) in [6.45, 7) is 4.25. The van der Waals surface area contributed by atoms with Gasteiger partial charge in [0.1, 0.15) is 17.3 Å². The predicted octanol–water partition coefficient (Wildman–Crippen LogP) is 6.05. The second-order valence-electron chi connectivity index (χ2n) is 12.0. The lowest BCUT2D eigenvalue weighted by Gasteiger charge is -2.12. The lowest BCUT2D eigenvalue weighted by Crippen LogP contribution is -2.03. The Labute approximate surface area is 241 Å². The van der Waals surface area contributed by atoms with E-state index in [1.807, 2.05) is 37.4 Å². The van der Waals surface area contributed by atoms with Crippen molar-refractivity contribution in [2.24, 2.45) is 14.1 Å². The van der Waals surface area contributed by atoms with Crippen molar-refractivity contribution in [1.82, 2.24) is 43.9 Å². The summed E-state index contributed by atoms with van der Waals surface area (Å²) in [4.78, 5) is 10.1. The molecule has 5 heterocycles. The number of hydrogen-bond donors (Lipinski definition) is 0. The van der Waals surface area contributed by atoms with Gasteiger partial charge in [-0.1, -0.05) is 13.8 Å². The number of methoxy groups -OCH3 is 1. The quantitative estimate of drug-likeness (QED) is 0.234. The van der Waals surface area contributed by atoms with Gasteiger partial charge in [-0.3, -0.25) is 9.36 Å². The van der Waals surface area contributed by atoms with Crippen molar-refractivity contribution < 1.29 is 9.13 Å². The van der Waals surface area contributed by atoms with Crippen molar-refractivity contribution >= 4 is 21.9 Å². The van der Waals surface area contributed by atoms with Crippen LogP contribution in [0, 0.1) is 5.82 Å². The molecule has 11 heteroatoms. The molecule has 0 bridgehead atoms. The molecule has 0 atom stereocenters. The smallest absolute Gasteiger partial charge is 0.258 e. The highest BCUT2D eigenvalue weighted by Crippen LogP contribution is 2.48. The van der Waals surface area contributed by atoms with Crippen molar-refractivity contribution in [2.75, 3.05) is 7.11 Å². The second kappa shape index (κ2) is 8.98. The molecule has 0 amide bonds. The van der Waals surface area contributed by atoms with Gasteiger partial charge in [0.2, 0.25) is 0 Å². The zero-order valence-electron chi connectivity index (χ0n) is 24.3. The molecule has 2 aliphatic rings. The average Bonchev–Trinajstić information content (AvgIpc) is 3.83. The molecule has 2 fully saturated rings. The summed E-state index contributed by atoms with van der Waals surface area (Å²) in [5.74, 6) is 1.44. The average molecular weight is 566 g/mol. The van der Waals surface area contributed by atoms with Gasteiger partial charge in [0.15, 0.2) is 5.65 Å². The molecule has 214 valence electrons. The van der Waals surface area contributed by atoms with Crippen LogP contribution in [0.5, 0.6) is 5.88 Å². The first kappa shape index (κ1) is 25.2. The Balaban J connectivity index is 1.33. The number of halogens is 1. The SMILES string of the molecule is COc1nn(C2CC2)cc1-n1cc2c(-c3nc(-c4cc5cn(C)nc5nc4C(C)C)n(C)c3C3CC3)c(F)ccc2n1. The van der Waals surface area contributed by atoms with Crippen LogP contribution in [0.1, 0.15) is 68.8 Å². The van der Waals surface area contributed by atoms with E-state index in [-0.39, 0.29) is 11.7 Å². The van der Waals surface area contributed by atoms with E-state index >= 15 is 4.39 Å². The standard InChI is InChI=1S/C31H32FN9O/c1-16(2)26-20(12-18-13-38(3)36-29(18)33-26)30-34-27(28(39(30)4)17-6-7-17)25-21-14-41(35-23(21)11-10-22(25)32)24-15-40(19-8-9-19)37-31(24)42-5/h10-17,19H,6-9H2,1-5H3. The van der Waals surface area contributed by atoms with E-state index in [9.17, 15) is 0 Å². The van der Waals surface area contributed by atoms with Gasteiger partial charge in [-0.25, -0.2) is 19.0 Å². The third-order valence-corrected chi connectivity index (χ3v) is 8.45. The minimum atomic E-state index is -0.320. The molecule has 42 heavy (non-hydrogen) atoms. The van der Waals surface area contributed by atoms with Gasteiger partial charge < -0.3 is 9.30 Å². The van der Waals surface area contributed by atoms with Gasteiger partial charge in [-0.15, -0.1) is 5.10 Å². The van der Waals surface area contributed by atoms with Crippen LogP contribution in [0.4, 0.5) is 4.39 Å². The van der Waals surface area contributed by atoms with Crippen molar-refractivity contribution in [2.45, 2.75) is 57.4 Å². The minimum Gasteiger partial charge on any atom is -0.478 e.